The summed E-state index contributed by atoms with van der Waals surface area (Å²) in [7, 11) is 0. The topological polar surface area (TPSA) is 0 Å². The summed E-state index contributed by atoms with van der Waals surface area (Å²) in [6.07, 6.45) is 15.8. The summed E-state index contributed by atoms with van der Waals surface area (Å²) in [5.74, 6) is 2.95. The Hall–Kier alpha value is 0.290. The van der Waals surface area contributed by atoms with E-state index in [9.17, 15) is 0 Å². The van der Waals surface area contributed by atoms with Crippen molar-refractivity contribution in [3.05, 3.63) is 0 Å². The van der Waals surface area contributed by atoms with E-state index in [1.54, 1.807) is 0 Å². The lowest BCUT2D eigenvalue weighted by Gasteiger charge is -2.28. The normalized spacial score (nSPS) is 25.9. The molecular formula is C15H29Cl. The van der Waals surface area contributed by atoms with Crippen molar-refractivity contribution in [2.75, 3.05) is 5.88 Å². The summed E-state index contributed by atoms with van der Waals surface area (Å²) in [6.45, 7) is 2.30. The molecule has 0 aromatic heterocycles. The average Bonchev–Trinajstić information content (AvgIpc) is 2.32. The van der Waals surface area contributed by atoms with Crippen molar-refractivity contribution in [3.63, 3.8) is 0 Å². The van der Waals surface area contributed by atoms with Crippen molar-refractivity contribution in [3.8, 4) is 0 Å². The summed E-state index contributed by atoms with van der Waals surface area (Å²) in [6, 6.07) is 0. The number of unbranched alkanes of at least 4 members (excludes halogenated alkanes) is 3. The molecule has 0 radical (unpaired) electrons. The molecule has 0 amide bonds. The number of halogens is 1. The van der Waals surface area contributed by atoms with E-state index in [0.717, 1.165) is 17.7 Å². The molecule has 1 saturated carbocycles. The van der Waals surface area contributed by atoms with Crippen LogP contribution in [0.5, 0.6) is 0 Å². The molecule has 0 unspecified atom stereocenters. The van der Waals surface area contributed by atoms with Crippen LogP contribution in [0.15, 0.2) is 0 Å². The zero-order valence-corrected chi connectivity index (χ0v) is 11.8. The molecule has 1 aliphatic rings. The maximum absolute atomic E-state index is 5.71. The fourth-order valence-corrected chi connectivity index (χ4v) is 3.21. The predicted molar refractivity (Wildman–Crippen MR) is 74.2 cm³/mol. The molecule has 0 aromatic carbocycles. The Labute approximate surface area is 107 Å². The van der Waals surface area contributed by atoms with Gasteiger partial charge in [0.25, 0.3) is 0 Å². The van der Waals surface area contributed by atoms with Gasteiger partial charge in [-0.05, 0) is 18.3 Å². The van der Waals surface area contributed by atoms with Gasteiger partial charge in [0.15, 0.2) is 0 Å². The van der Waals surface area contributed by atoms with Gasteiger partial charge in [0.1, 0.15) is 0 Å². The summed E-state index contributed by atoms with van der Waals surface area (Å²) < 4.78 is 0. The molecule has 0 N–H and O–H groups in total. The van der Waals surface area contributed by atoms with Crippen molar-refractivity contribution in [2.24, 2.45) is 11.8 Å². The molecule has 1 aliphatic carbocycles. The summed E-state index contributed by atoms with van der Waals surface area (Å²) >= 11 is 5.71. The van der Waals surface area contributed by atoms with Crippen LogP contribution in [-0.2, 0) is 0 Å². The average molecular weight is 245 g/mol. The van der Waals surface area contributed by atoms with Crippen LogP contribution in [0.3, 0.4) is 0 Å². The van der Waals surface area contributed by atoms with Gasteiger partial charge in [-0.25, -0.2) is 0 Å². The van der Waals surface area contributed by atoms with Gasteiger partial charge in [-0.15, -0.1) is 11.6 Å². The van der Waals surface area contributed by atoms with Gasteiger partial charge >= 0.3 is 0 Å². The molecule has 16 heavy (non-hydrogen) atoms. The second-order valence-corrected chi connectivity index (χ2v) is 5.95. The lowest BCUT2D eigenvalue weighted by molar-refractivity contribution is 0.246. The predicted octanol–water partition coefficient (Wildman–Crippen LogP) is 5.78. The molecule has 0 spiro atoms. The molecule has 0 nitrogen and oxygen atoms in total. The third-order valence-electron chi connectivity index (χ3n) is 4.18. The Morgan fingerprint density at radius 1 is 0.812 bits per heavy atom. The Morgan fingerprint density at radius 3 is 1.75 bits per heavy atom. The van der Waals surface area contributed by atoms with Crippen molar-refractivity contribution >= 4 is 11.6 Å². The van der Waals surface area contributed by atoms with Gasteiger partial charge in [-0.3, -0.25) is 0 Å². The van der Waals surface area contributed by atoms with Crippen LogP contribution in [0.4, 0.5) is 0 Å². The summed E-state index contributed by atoms with van der Waals surface area (Å²) in [4.78, 5) is 0. The van der Waals surface area contributed by atoms with Crippen molar-refractivity contribution in [2.45, 2.75) is 77.6 Å². The maximum Gasteiger partial charge on any atom is 0.0223 e. The third-order valence-corrected chi connectivity index (χ3v) is 4.45. The Balaban J connectivity index is 2.00. The van der Waals surface area contributed by atoms with E-state index < -0.39 is 0 Å². The van der Waals surface area contributed by atoms with Crippen molar-refractivity contribution < 1.29 is 0 Å². The number of rotatable bonds is 8. The SMILES string of the molecule is CCCCCC1CCC(CCCCCl)CC1. The van der Waals surface area contributed by atoms with Crippen LogP contribution in [0.2, 0.25) is 0 Å². The van der Waals surface area contributed by atoms with Gasteiger partial charge < -0.3 is 0 Å². The van der Waals surface area contributed by atoms with E-state index in [0.29, 0.717) is 0 Å². The molecule has 1 fully saturated rings. The first-order valence-corrected chi connectivity index (χ1v) is 7.96. The highest BCUT2D eigenvalue weighted by Gasteiger charge is 2.20. The third kappa shape index (κ3) is 6.13. The van der Waals surface area contributed by atoms with E-state index in [-0.39, 0.29) is 0 Å². The van der Waals surface area contributed by atoms with E-state index in [2.05, 4.69) is 6.92 Å². The standard InChI is InChI=1S/C15H29Cl/c1-2-3-4-7-14-9-11-15(12-10-14)8-5-6-13-16/h14-15H,2-13H2,1H3. The van der Waals surface area contributed by atoms with Crippen LogP contribution in [0, 0.1) is 11.8 Å². The highest BCUT2D eigenvalue weighted by molar-refractivity contribution is 6.17. The number of hydrogen-bond acceptors (Lipinski definition) is 0. The van der Waals surface area contributed by atoms with Crippen molar-refractivity contribution in [1.82, 2.24) is 0 Å². The first-order valence-electron chi connectivity index (χ1n) is 7.42. The Bertz CT molecular complexity index is 130. The first-order chi connectivity index (χ1) is 7.86. The molecule has 0 saturated heterocycles. The van der Waals surface area contributed by atoms with E-state index in [1.807, 2.05) is 0 Å². The van der Waals surface area contributed by atoms with E-state index in [4.69, 9.17) is 11.6 Å². The minimum atomic E-state index is 0.854. The first kappa shape index (κ1) is 14.4. The van der Waals surface area contributed by atoms with Crippen LogP contribution in [-0.4, -0.2) is 5.88 Å². The second kappa shape index (κ2) is 9.33. The molecule has 0 heterocycles. The zero-order valence-electron chi connectivity index (χ0n) is 11.0. The zero-order chi connectivity index (χ0) is 11.6. The monoisotopic (exact) mass is 244 g/mol. The van der Waals surface area contributed by atoms with Gasteiger partial charge in [0.05, 0.1) is 0 Å². The molecule has 1 rings (SSSR count). The van der Waals surface area contributed by atoms with Gasteiger partial charge in [0, 0.05) is 5.88 Å². The smallest absolute Gasteiger partial charge is 0.0223 e. The van der Waals surface area contributed by atoms with Crippen LogP contribution < -0.4 is 0 Å². The van der Waals surface area contributed by atoms with E-state index in [1.165, 1.54) is 70.6 Å². The molecule has 0 atom stereocenters. The highest BCUT2D eigenvalue weighted by atomic mass is 35.5. The molecule has 1 heteroatoms. The van der Waals surface area contributed by atoms with Crippen LogP contribution in [0.25, 0.3) is 0 Å². The highest BCUT2D eigenvalue weighted by Crippen LogP contribution is 2.34. The fourth-order valence-electron chi connectivity index (χ4n) is 3.02. The van der Waals surface area contributed by atoms with E-state index >= 15 is 0 Å². The minimum Gasteiger partial charge on any atom is -0.127 e. The lowest BCUT2D eigenvalue weighted by Crippen LogP contribution is -2.14. The van der Waals surface area contributed by atoms with Gasteiger partial charge in [-0.2, -0.15) is 0 Å². The largest absolute Gasteiger partial charge is 0.127 e. The molecule has 96 valence electrons. The molecular weight excluding hydrogens is 216 g/mol. The molecule has 0 aromatic rings. The quantitative estimate of drug-likeness (QED) is 0.375. The fraction of sp³-hybridized carbons (Fsp3) is 1.00. The maximum atomic E-state index is 5.71. The number of alkyl halides is 1. The Kier molecular flexibility index (Phi) is 8.37. The minimum absolute atomic E-state index is 0.854. The number of hydrogen-bond donors (Lipinski definition) is 0. The van der Waals surface area contributed by atoms with Gasteiger partial charge in [-0.1, -0.05) is 71.1 Å². The lowest BCUT2D eigenvalue weighted by atomic mass is 9.78. The van der Waals surface area contributed by atoms with Crippen LogP contribution >= 0.6 is 11.6 Å². The Morgan fingerprint density at radius 2 is 1.31 bits per heavy atom. The molecule has 0 bridgehead atoms. The summed E-state index contributed by atoms with van der Waals surface area (Å²) in [5, 5.41) is 0. The van der Waals surface area contributed by atoms with Gasteiger partial charge in [0.2, 0.25) is 0 Å². The van der Waals surface area contributed by atoms with Crippen molar-refractivity contribution in [1.29, 1.82) is 0 Å². The van der Waals surface area contributed by atoms with Crippen LogP contribution in [0.1, 0.15) is 77.6 Å². The molecule has 0 aliphatic heterocycles. The summed E-state index contributed by atoms with van der Waals surface area (Å²) in [5.41, 5.74) is 0. The second-order valence-electron chi connectivity index (χ2n) is 5.57.